The van der Waals surface area contributed by atoms with E-state index in [1.54, 1.807) is 50.4 Å². The zero-order valence-corrected chi connectivity index (χ0v) is 19.4. The third-order valence-corrected chi connectivity index (χ3v) is 6.10. The minimum atomic E-state index is -0.594. The second-order valence-electron chi connectivity index (χ2n) is 8.30. The van der Waals surface area contributed by atoms with Crippen molar-refractivity contribution in [3.63, 3.8) is 0 Å². The average molecular weight is 479 g/mol. The molecule has 2 amide bonds. The van der Waals surface area contributed by atoms with Gasteiger partial charge in [0.1, 0.15) is 23.6 Å². The number of carbonyl (C=O) groups is 2. The molecule has 174 valence electrons. The molecule has 0 fully saturated rings. The highest BCUT2D eigenvalue weighted by Crippen LogP contribution is 2.35. The predicted molar refractivity (Wildman–Crippen MR) is 129 cm³/mol. The Balaban J connectivity index is 1.37. The van der Waals surface area contributed by atoms with Gasteiger partial charge in [0.25, 0.3) is 11.8 Å². The quantitative estimate of drug-likeness (QED) is 0.547. The molecule has 0 spiro atoms. The fraction of sp³-hybridized carbons (Fsp3) is 0.240. The summed E-state index contributed by atoms with van der Waals surface area (Å²) >= 11 is 6.03. The number of hydrogen-bond donors (Lipinski definition) is 2. The number of amides is 2. The van der Waals surface area contributed by atoms with E-state index in [-0.39, 0.29) is 17.9 Å². The molecule has 0 saturated carbocycles. The van der Waals surface area contributed by atoms with Crippen molar-refractivity contribution in [2.75, 3.05) is 10.6 Å². The number of rotatable bonds is 5. The van der Waals surface area contributed by atoms with Crippen LogP contribution in [0.4, 0.5) is 11.4 Å². The van der Waals surface area contributed by atoms with Crippen LogP contribution in [-0.4, -0.2) is 34.7 Å². The number of benzene rings is 2. The number of ether oxygens (including phenoxy) is 1. The minimum Gasteiger partial charge on any atom is -0.479 e. The molecule has 34 heavy (non-hydrogen) atoms. The Morgan fingerprint density at radius 1 is 1.24 bits per heavy atom. The van der Waals surface area contributed by atoms with Gasteiger partial charge in [-0.3, -0.25) is 9.59 Å². The van der Waals surface area contributed by atoms with Crippen molar-refractivity contribution in [1.29, 1.82) is 0 Å². The van der Waals surface area contributed by atoms with Crippen LogP contribution in [0.2, 0.25) is 5.02 Å². The van der Waals surface area contributed by atoms with Crippen LogP contribution in [0.25, 0.3) is 0 Å². The van der Waals surface area contributed by atoms with Crippen molar-refractivity contribution in [3.8, 4) is 5.75 Å². The summed E-state index contributed by atoms with van der Waals surface area (Å²) in [6, 6.07) is 15.4. The summed E-state index contributed by atoms with van der Waals surface area (Å²) in [6.07, 6.45) is 1.56. The number of anilines is 2. The summed E-state index contributed by atoms with van der Waals surface area (Å²) in [6.45, 7) is 3.46. The van der Waals surface area contributed by atoms with E-state index in [2.05, 4.69) is 15.7 Å². The van der Waals surface area contributed by atoms with E-state index in [1.807, 2.05) is 24.3 Å². The van der Waals surface area contributed by atoms with E-state index in [0.717, 1.165) is 11.3 Å². The minimum absolute atomic E-state index is 0.211. The molecule has 8 nitrogen and oxygen atoms in total. The second kappa shape index (κ2) is 8.87. The smallest absolute Gasteiger partial charge is 0.265 e. The van der Waals surface area contributed by atoms with Crippen molar-refractivity contribution in [2.45, 2.75) is 38.5 Å². The molecule has 0 radical (unpaired) electrons. The Labute approximate surface area is 201 Å². The van der Waals surface area contributed by atoms with Gasteiger partial charge in [-0.15, -0.1) is 0 Å². The second-order valence-corrected chi connectivity index (χ2v) is 8.73. The molecule has 9 heteroatoms. The average Bonchev–Trinajstić information content (AvgIpc) is 3.50. The molecule has 2 aromatic carbocycles. The fourth-order valence-corrected chi connectivity index (χ4v) is 4.17. The van der Waals surface area contributed by atoms with Crippen LogP contribution < -0.4 is 15.4 Å². The summed E-state index contributed by atoms with van der Waals surface area (Å²) in [5.74, 6) is 0.829. The first kappa shape index (κ1) is 22.0. The molecule has 5 rings (SSSR count). The van der Waals surface area contributed by atoms with E-state index in [0.29, 0.717) is 34.3 Å². The van der Waals surface area contributed by atoms with Gasteiger partial charge in [0, 0.05) is 17.1 Å². The summed E-state index contributed by atoms with van der Waals surface area (Å²) in [5.41, 5.74) is 2.91. The van der Waals surface area contributed by atoms with Gasteiger partial charge in [-0.1, -0.05) is 23.7 Å². The zero-order valence-electron chi connectivity index (χ0n) is 18.6. The van der Waals surface area contributed by atoms with Crippen LogP contribution in [0, 0.1) is 0 Å². The predicted octanol–water partition coefficient (Wildman–Crippen LogP) is 4.83. The van der Waals surface area contributed by atoms with Crippen molar-refractivity contribution in [1.82, 2.24) is 5.01 Å². The molecular formula is C25H23ClN4O4. The van der Waals surface area contributed by atoms with Crippen LogP contribution in [0.1, 0.15) is 37.6 Å². The number of halogens is 1. The van der Waals surface area contributed by atoms with Gasteiger partial charge in [0.15, 0.2) is 6.10 Å². The Bertz CT molecular complexity index is 1260. The molecule has 2 aliphatic rings. The highest BCUT2D eigenvalue weighted by Gasteiger charge is 2.37. The van der Waals surface area contributed by atoms with Crippen LogP contribution in [0.5, 0.6) is 5.75 Å². The summed E-state index contributed by atoms with van der Waals surface area (Å²) in [4.78, 5) is 25.4. The van der Waals surface area contributed by atoms with Crippen LogP contribution in [0.15, 0.2) is 70.4 Å². The van der Waals surface area contributed by atoms with E-state index in [9.17, 15) is 9.59 Å². The van der Waals surface area contributed by atoms with Gasteiger partial charge < -0.3 is 19.8 Å². The normalized spacial score (nSPS) is 20.1. The van der Waals surface area contributed by atoms with Gasteiger partial charge in [-0.05, 0) is 61.9 Å². The highest BCUT2D eigenvalue weighted by atomic mass is 35.5. The summed E-state index contributed by atoms with van der Waals surface area (Å²) < 4.78 is 11.2. The maximum absolute atomic E-state index is 13.5. The Morgan fingerprint density at radius 2 is 2.03 bits per heavy atom. The lowest BCUT2D eigenvalue weighted by Gasteiger charge is -2.26. The zero-order chi connectivity index (χ0) is 23.8. The maximum Gasteiger partial charge on any atom is 0.265 e. The first-order valence-electron chi connectivity index (χ1n) is 11.0. The third-order valence-electron chi connectivity index (χ3n) is 5.85. The standard InChI is InChI=1S/C25H23ClN4O4/c1-14(27-18-9-10-22-20(12-18)28-24(31)15(2)34-22)25(32)30-21(23-4-3-11-33-23)13-19(29-30)16-5-7-17(26)8-6-16/h3-12,14-15,21,27H,13H2,1-2H3,(H,28,31)/t14-,15-,21+/m0/s1. The van der Waals surface area contributed by atoms with Crippen LogP contribution >= 0.6 is 11.6 Å². The molecule has 3 atom stereocenters. The van der Waals surface area contributed by atoms with Gasteiger partial charge >= 0.3 is 0 Å². The van der Waals surface area contributed by atoms with E-state index in [4.69, 9.17) is 20.8 Å². The third kappa shape index (κ3) is 4.24. The lowest BCUT2D eigenvalue weighted by molar-refractivity contribution is -0.133. The lowest BCUT2D eigenvalue weighted by Crippen LogP contribution is -2.39. The molecule has 0 aliphatic carbocycles. The number of furan rings is 1. The van der Waals surface area contributed by atoms with Gasteiger partial charge in [-0.25, -0.2) is 5.01 Å². The van der Waals surface area contributed by atoms with Gasteiger partial charge in [-0.2, -0.15) is 5.10 Å². The Morgan fingerprint density at radius 3 is 2.76 bits per heavy atom. The molecule has 2 N–H and O–H groups in total. The van der Waals surface area contributed by atoms with E-state index in [1.165, 1.54) is 5.01 Å². The van der Waals surface area contributed by atoms with E-state index < -0.39 is 12.1 Å². The summed E-state index contributed by atoms with van der Waals surface area (Å²) in [5, 5.41) is 12.8. The Kier molecular flexibility index (Phi) is 5.75. The lowest BCUT2D eigenvalue weighted by atomic mass is 10.0. The topological polar surface area (TPSA) is 96.2 Å². The molecule has 0 unspecified atom stereocenters. The summed E-state index contributed by atoms with van der Waals surface area (Å²) in [7, 11) is 0. The molecule has 1 aromatic heterocycles. The molecule has 3 aromatic rings. The largest absolute Gasteiger partial charge is 0.479 e. The number of nitrogens with one attached hydrogen (secondary N) is 2. The van der Waals surface area contributed by atoms with Gasteiger partial charge in [0.05, 0.1) is 17.7 Å². The monoisotopic (exact) mass is 478 g/mol. The fourth-order valence-electron chi connectivity index (χ4n) is 4.04. The number of hydrogen-bond acceptors (Lipinski definition) is 6. The van der Waals surface area contributed by atoms with Gasteiger partial charge in [0.2, 0.25) is 0 Å². The van der Waals surface area contributed by atoms with Crippen LogP contribution in [-0.2, 0) is 9.59 Å². The number of hydrazone groups is 1. The number of carbonyl (C=O) groups excluding carboxylic acids is 2. The van der Waals surface area contributed by atoms with Crippen LogP contribution in [0.3, 0.4) is 0 Å². The van der Waals surface area contributed by atoms with Crippen molar-refractivity contribution in [3.05, 3.63) is 77.2 Å². The highest BCUT2D eigenvalue weighted by molar-refractivity contribution is 6.30. The molecule has 0 saturated heterocycles. The van der Waals surface area contributed by atoms with Crippen molar-refractivity contribution < 1.29 is 18.7 Å². The Hall–Kier alpha value is -3.78. The number of fused-ring (bicyclic) bond motifs is 1. The molecule has 2 aliphatic heterocycles. The SMILES string of the molecule is C[C@H](Nc1ccc2c(c1)NC(=O)[C@H](C)O2)C(=O)N1N=C(c2ccc(Cl)cc2)C[C@@H]1c1ccco1. The van der Waals surface area contributed by atoms with Crippen molar-refractivity contribution in [2.24, 2.45) is 5.10 Å². The van der Waals surface area contributed by atoms with E-state index >= 15 is 0 Å². The number of nitrogens with zero attached hydrogens (tertiary/aromatic N) is 2. The molecule has 0 bridgehead atoms. The maximum atomic E-state index is 13.5. The van der Waals surface area contributed by atoms with Crippen molar-refractivity contribution >= 4 is 40.5 Å². The first-order valence-corrected chi connectivity index (χ1v) is 11.3. The molecular weight excluding hydrogens is 456 g/mol. The molecule has 3 heterocycles. The first-order chi connectivity index (χ1) is 16.4.